The van der Waals surface area contributed by atoms with Crippen molar-refractivity contribution in [3.8, 4) is 0 Å². The molecular formula is C10H6FNOS. The SMILES string of the molecule is O=C(c1ccc(F)cc1)c1nccs1. The normalized spacial score (nSPS) is 10.1. The molecule has 0 aliphatic carbocycles. The van der Waals surface area contributed by atoms with E-state index in [1.165, 1.54) is 35.6 Å². The Balaban J connectivity index is 2.33. The van der Waals surface area contributed by atoms with Gasteiger partial charge in [-0.15, -0.1) is 11.3 Å². The molecular weight excluding hydrogens is 201 g/mol. The lowest BCUT2D eigenvalue weighted by molar-refractivity contribution is 0.103. The minimum Gasteiger partial charge on any atom is -0.286 e. The molecule has 0 saturated heterocycles. The van der Waals surface area contributed by atoms with Crippen LogP contribution in [0.1, 0.15) is 15.4 Å². The predicted octanol–water partition coefficient (Wildman–Crippen LogP) is 2.51. The average Bonchev–Trinajstić information content (AvgIpc) is 2.71. The van der Waals surface area contributed by atoms with E-state index < -0.39 is 0 Å². The molecule has 0 bridgehead atoms. The summed E-state index contributed by atoms with van der Waals surface area (Å²) in [6.07, 6.45) is 1.57. The van der Waals surface area contributed by atoms with Crippen LogP contribution in [0.3, 0.4) is 0 Å². The maximum absolute atomic E-state index is 12.6. The Morgan fingerprint density at radius 2 is 2.00 bits per heavy atom. The molecule has 1 aromatic carbocycles. The topological polar surface area (TPSA) is 30.0 Å². The van der Waals surface area contributed by atoms with Crippen LogP contribution in [0.15, 0.2) is 35.8 Å². The number of thiazole rings is 1. The second-order valence-corrected chi connectivity index (χ2v) is 3.57. The number of carbonyl (C=O) groups excluding carboxylic acids is 1. The first-order valence-electron chi connectivity index (χ1n) is 3.97. The van der Waals surface area contributed by atoms with Gasteiger partial charge in [-0.05, 0) is 24.3 Å². The summed E-state index contributed by atoms with van der Waals surface area (Å²) in [6, 6.07) is 5.44. The molecule has 0 fully saturated rings. The Bertz CT molecular complexity index is 436. The number of aromatic nitrogens is 1. The molecule has 4 heteroatoms. The Hall–Kier alpha value is -1.55. The Kier molecular flexibility index (Phi) is 2.37. The van der Waals surface area contributed by atoms with Crippen molar-refractivity contribution in [3.05, 3.63) is 52.2 Å². The van der Waals surface area contributed by atoms with E-state index in [1.807, 2.05) is 0 Å². The van der Waals surface area contributed by atoms with E-state index in [0.29, 0.717) is 10.6 Å². The third kappa shape index (κ3) is 1.70. The van der Waals surface area contributed by atoms with Crippen LogP contribution in [0, 0.1) is 5.82 Å². The fraction of sp³-hybridized carbons (Fsp3) is 0. The zero-order chi connectivity index (χ0) is 9.97. The van der Waals surface area contributed by atoms with Crippen molar-refractivity contribution in [3.63, 3.8) is 0 Å². The molecule has 1 heterocycles. The first kappa shape index (κ1) is 9.02. The molecule has 0 aliphatic rings. The van der Waals surface area contributed by atoms with Gasteiger partial charge in [0.15, 0.2) is 5.01 Å². The highest BCUT2D eigenvalue weighted by atomic mass is 32.1. The highest BCUT2D eigenvalue weighted by Gasteiger charge is 2.10. The van der Waals surface area contributed by atoms with E-state index in [2.05, 4.69) is 4.98 Å². The van der Waals surface area contributed by atoms with Crippen molar-refractivity contribution in [2.45, 2.75) is 0 Å². The highest BCUT2D eigenvalue weighted by Crippen LogP contribution is 2.12. The van der Waals surface area contributed by atoms with Gasteiger partial charge in [-0.3, -0.25) is 4.79 Å². The van der Waals surface area contributed by atoms with E-state index >= 15 is 0 Å². The second kappa shape index (κ2) is 3.67. The van der Waals surface area contributed by atoms with Gasteiger partial charge in [0.2, 0.25) is 5.78 Å². The van der Waals surface area contributed by atoms with E-state index in [0.717, 1.165) is 0 Å². The number of rotatable bonds is 2. The first-order chi connectivity index (χ1) is 6.77. The molecule has 70 valence electrons. The summed E-state index contributed by atoms with van der Waals surface area (Å²) in [5, 5.41) is 2.16. The van der Waals surface area contributed by atoms with Crippen molar-refractivity contribution in [1.29, 1.82) is 0 Å². The molecule has 2 aromatic rings. The molecule has 0 aliphatic heterocycles. The standard InChI is InChI=1S/C10H6FNOS/c11-8-3-1-7(2-4-8)9(13)10-12-5-6-14-10/h1-6H. The van der Waals surface area contributed by atoms with E-state index in [9.17, 15) is 9.18 Å². The fourth-order valence-corrected chi connectivity index (χ4v) is 1.66. The third-order valence-electron chi connectivity index (χ3n) is 1.73. The Morgan fingerprint density at radius 1 is 1.29 bits per heavy atom. The molecule has 0 atom stereocenters. The lowest BCUT2D eigenvalue weighted by Crippen LogP contribution is -1.99. The van der Waals surface area contributed by atoms with E-state index in [-0.39, 0.29) is 11.6 Å². The summed E-state index contributed by atoms with van der Waals surface area (Å²) >= 11 is 1.28. The summed E-state index contributed by atoms with van der Waals surface area (Å²) in [4.78, 5) is 15.5. The first-order valence-corrected chi connectivity index (χ1v) is 4.85. The van der Waals surface area contributed by atoms with Crippen LogP contribution in [0.5, 0.6) is 0 Å². The van der Waals surface area contributed by atoms with Crippen LogP contribution in [0.2, 0.25) is 0 Å². The Labute approximate surface area is 84.0 Å². The van der Waals surface area contributed by atoms with Gasteiger partial charge in [0.1, 0.15) is 5.82 Å². The van der Waals surface area contributed by atoms with Crippen molar-refractivity contribution in [1.82, 2.24) is 4.98 Å². The molecule has 0 amide bonds. The Morgan fingerprint density at radius 3 is 2.57 bits per heavy atom. The molecule has 0 spiro atoms. The van der Waals surface area contributed by atoms with Gasteiger partial charge in [-0.2, -0.15) is 0 Å². The number of hydrogen-bond acceptors (Lipinski definition) is 3. The highest BCUT2D eigenvalue weighted by molar-refractivity contribution is 7.11. The lowest BCUT2D eigenvalue weighted by atomic mass is 10.1. The van der Waals surface area contributed by atoms with Gasteiger partial charge in [0, 0.05) is 17.1 Å². The van der Waals surface area contributed by atoms with Crippen molar-refractivity contribution < 1.29 is 9.18 Å². The number of ketones is 1. The zero-order valence-electron chi connectivity index (χ0n) is 7.11. The number of benzene rings is 1. The van der Waals surface area contributed by atoms with Crippen molar-refractivity contribution >= 4 is 17.1 Å². The molecule has 0 saturated carbocycles. The van der Waals surface area contributed by atoms with Gasteiger partial charge in [0.05, 0.1) is 0 Å². The summed E-state index contributed by atoms with van der Waals surface area (Å²) in [6.45, 7) is 0. The number of halogens is 1. The lowest BCUT2D eigenvalue weighted by Gasteiger charge is -1.95. The quantitative estimate of drug-likeness (QED) is 0.708. The van der Waals surface area contributed by atoms with Gasteiger partial charge >= 0.3 is 0 Å². The minimum atomic E-state index is -0.347. The van der Waals surface area contributed by atoms with Gasteiger partial charge in [0.25, 0.3) is 0 Å². The number of nitrogens with zero attached hydrogens (tertiary/aromatic N) is 1. The predicted molar refractivity (Wildman–Crippen MR) is 51.9 cm³/mol. The third-order valence-corrected chi connectivity index (χ3v) is 2.50. The zero-order valence-corrected chi connectivity index (χ0v) is 7.92. The van der Waals surface area contributed by atoms with Gasteiger partial charge in [-0.25, -0.2) is 9.37 Å². The molecule has 2 nitrogen and oxygen atoms in total. The van der Waals surface area contributed by atoms with Crippen LogP contribution in [0.25, 0.3) is 0 Å². The molecule has 0 radical (unpaired) electrons. The number of carbonyl (C=O) groups is 1. The molecule has 14 heavy (non-hydrogen) atoms. The van der Waals surface area contributed by atoms with Crippen LogP contribution in [0.4, 0.5) is 4.39 Å². The smallest absolute Gasteiger partial charge is 0.221 e. The second-order valence-electron chi connectivity index (χ2n) is 2.67. The molecule has 0 N–H and O–H groups in total. The van der Waals surface area contributed by atoms with Crippen LogP contribution in [-0.2, 0) is 0 Å². The summed E-state index contributed by atoms with van der Waals surface area (Å²) in [7, 11) is 0. The number of hydrogen-bond donors (Lipinski definition) is 0. The minimum absolute atomic E-state index is 0.167. The summed E-state index contributed by atoms with van der Waals surface area (Å²) < 4.78 is 12.6. The average molecular weight is 207 g/mol. The van der Waals surface area contributed by atoms with Gasteiger partial charge in [-0.1, -0.05) is 0 Å². The summed E-state index contributed by atoms with van der Waals surface area (Å²) in [5.41, 5.74) is 0.460. The van der Waals surface area contributed by atoms with Crippen LogP contribution >= 0.6 is 11.3 Å². The van der Waals surface area contributed by atoms with Crippen molar-refractivity contribution in [2.24, 2.45) is 0 Å². The van der Waals surface area contributed by atoms with Crippen LogP contribution < -0.4 is 0 Å². The fourth-order valence-electron chi connectivity index (χ4n) is 1.06. The molecule has 0 unspecified atom stereocenters. The van der Waals surface area contributed by atoms with E-state index in [4.69, 9.17) is 0 Å². The largest absolute Gasteiger partial charge is 0.286 e. The van der Waals surface area contributed by atoms with Gasteiger partial charge < -0.3 is 0 Å². The monoisotopic (exact) mass is 207 g/mol. The summed E-state index contributed by atoms with van der Waals surface area (Å²) in [5.74, 6) is -0.513. The van der Waals surface area contributed by atoms with Crippen LogP contribution in [-0.4, -0.2) is 10.8 Å². The molecule has 1 aromatic heterocycles. The van der Waals surface area contributed by atoms with E-state index in [1.54, 1.807) is 11.6 Å². The maximum atomic E-state index is 12.6. The maximum Gasteiger partial charge on any atom is 0.221 e. The molecule has 2 rings (SSSR count). The van der Waals surface area contributed by atoms with Crippen molar-refractivity contribution in [2.75, 3.05) is 0 Å².